The molecule has 0 atom stereocenters. The van der Waals surface area contributed by atoms with Gasteiger partial charge in [-0.05, 0) is 144 Å². The zero-order chi connectivity index (χ0) is 38.0. The topological polar surface area (TPSA) is 130 Å². The number of anilines is 2. The van der Waals surface area contributed by atoms with E-state index >= 15 is 0 Å². The number of hydrogen-bond acceptors (Lipinski definition) is 7. The lowest BCUT2D eigenvalue weighted by Crippen LogP contribution is -2.10. The number of amides is 1. The summed E-state index contributed by atoms with van der Waals surface area (Å²) in [5.74, 6) is -0.201. The summed E-state index contributed by atoms with van der Waals surface area (Å²) < 4.78 is 0. The molecular weight excluding hydrogens is 720 g/mol. The molecule has 0 spiro atoms. The molecule has 1 amide bonds. The number of nitrogens with two attached hydrogens (primary N) is 1. The summed E-state index contributed by atoms with van der Waals surface area (Å²) in [6.07, 6.45) is 16.9. The average molecular weight is 763 g/mol. The lowest BCUT2D eigenvalue weighted by Gasteiger charge is -2.10. The second-order valence-electron chi connectivity index (χ2n) is 12.1. The summed E-state index contributed by atoms with van der Waals surface area (Å²) in [4.78, 5) is 38.1. The van der Waals surface area contributed by atoms with E-state index in [-0.39, 0.29) is 5.91 Å². The van der Waals surface area contributed by atoms with Gasteiger partial charge in [-0.25, -0.2) is 9.97 Å². The first-order chi connectivity index (χ1) is 25.7. The number of nitrogens with one attached hydrogen (secondary N) is 3. The van der Waals surface area contributed by atoms with Gasteiger partial charge in [-0.3, -0.25) is 9.59 Å². The van der Waals surface area contributed by atoms with Gasteiger partial charge in [0.15, 0.2) is 0 Å². The first kappa shape index (κ1) is 40.5. The third-order valence-electron chi connectivity index (χ3n) is 8.47. The van der Waals surface area contributed by atoms with Gasteiger partial charge in [0.2, 0.25) is 11.1 Å². The fourth-order valence-corrected chi connectivity index (χ4v) is 6.03. The van der Waals surface area contributed by atoms with E-state index in [0.29, 0.717) is 0 Å². The second kappa shape index (κ2) is 21.3. The number of fused-ring (bicyclic) bond motifs is 2. The molecule has 0 radical (unpaired) electrons. The van der Waals surface area contributed by atoms with E-state index in [1.165, 1.54) is 28.2 Å². The highest BCUT2D eigenvalue weighted by atomic mass is 35.5. The summed E-state index contributed by atoms with van der Waals surface area (Å²) in [6.45, 7) is 6.57. The zero-order valence-corrected chi connectivity index (χ0v) is 31.8. The molecule has 2 aromatic carbocycles. The lowest BCUT2D eigenvalue weighted by atomic mass is 10.0. The lowest BCUT2D eigenvalue weighted by molar-refractivity contribution is -0.112. The molecule has 4 heterocycles. The van der Waals surface area contributed by atoms with Crippen LogP contribution in [0.4, 0.5) is 11.4 Å². The number of aryl methyl sites for hydroxylation is 4. The summed E-state index contributed by atoms with van der Waals surface area (Å²) in [6, 6.07) is 24.1. The highest BCUT2D eigenvalue weighted by molar-refractivity contribution is 7.80. The molecule has 0 saturated heterocycles. The van der Waals surface area contributed by atoms with Crippen molar-refractivity contribution in [2.24, 2.45) is 0 Å². The van der Waals surface area contributed by atoms with Crippen molar-refractivity contribution in [3.05, 3.63) is 145 Å². The number of carbonyl (C=O) groups is 2. The Labute approximate surface area is 326 Å². The number of nitrogen functional groups attached to an aromatic ring is 1. The molecule has 6 aromatic rings. The SMILES string of the molecule is C=CC(=O)Cl.C=CC(=O)Nc1ccccc1CCC(=S)CCc1ccnc2[nH]ccc12.Nc1ccccc1CCC(=S)CCc1ccnc2[nH]ccc12. The van der Waals surface area contributed by atoms with Crippen molar-refractivity contribution in [2.75, 3.05) is 11.1 Å². The van der Waals surface area contributed by atoms with Gasteiger partial charge in [0.25, 0.3) is 0 Å². The first-order valence-electron chi connectivity index (χ1n) is 17.2. The van der Waals surface area contributed by atoms with Crippen LogP contribution in [-0.2, 0) is 35.3 Å². The fraction of sp³-hybridized carbons (Fsp3) is 0.190. The Morgan fingerprint density at radius 3 is 1.62 bits per heavy atom. The van der Waals surface area contributed by atoms with Crippen molar-refractivity contribution in [1.29, 1.82) is 0 Å². The summed E-state index contributed by atoms with van der Waals surface area (Å²) in [5.41, 5.74) is 14.3. The third kappa shape index (κ3) is 13.0. The number of pyridine rings is 2. The molecule has 53 heavy (non-hydrogen) atoms. The van der Waals surface area contributed by atoms with Gasteiger partial charge in [0.05, 0.1) is 0 Å². The molecular formula is C42H43ClN6O2S2. The standard InChI is InChI=1S/C21H21N3OS.C18H19N3S.C3H3ClO/c1-2-20(25)24-19-6-4-3-5-16(19)8-10-17(26)9-7-15-11-13-22-21-18(15)12-14-23-21;19-17-4-2-1-3-14(17)6-8-15(22)7-5-13-9-11-20-18-16(13)10-12-21-18;1-2-3(4)5/h2-6,11-14H,1,7-10H2,(H,22,23)(H,24,25);1-4,9-12H,5-8,19H2,(H,20,21);2H,1H2. The predicted octanol–water partition coefficient (Wildman–Crippen LogP) is 9.64. The molecule has 4 aromatic heterocycles. The molecule has 272 valence electrons. The molecule has 0 aliphatic carbocycles. The number of nitrogens with zero attached hydrogens (tertiary/aromatic N) is 2. The van der Waals surface area contributed by atoms with E-state index in [2.05, 4.69) is 68.7 Å². The minimum atomic E-state index is -0.509. The number of aromatic nitrogens is 4. The zero-order valence-electron chi connectivity index (χ0n) is 29.4. The normalized spacial score (nSPS) is 10.4. The minimum Gasteiger partial charge on any atom is -0.399 e. The molecule has 0 saturated carbocycles. The maximum Gasteiger partial charge on any atom is 0.247 e. The van der Waals surface area contributed by atoms with Crippen LogP contribution in [0.25, 0.3) is 22.1 Å². The van der Waals surface area contributed by atoms with E-state index in [0.717, 1.165) is 101 Å². The maximum absolute atomic E-state index is 11.6. The van der Waals surface area contributed by atoms with Crippen molar-refractivity contribution in [3.8, 4) is 0 Å². The van der Waals surface area contributed by atoms with Gasteiger partial charge >= 0.3 is 0 Å². The second-order valence-corrected chi connectivity index (χ2v) is 13.6. The van der Waals surface area contributed by atoms with Crippen LogP contribution in [0.15, 0.2) is 123 Å². The Morgan fingerprint density at radius 1 is 0.679 bits per heavy atom. The Morgan fingerprint density at radius 2 is 1.13 bits per heavy atom. The van der Waals surface area contributed by atoms with E-state index < -0.39 is 5.24 Å². The molecule has 5 N–H and O–H groups in total. The minimum absolute atomic E-state index is 0.201. The fourth-order valence-electron chi connectivity index (χ4n) is 5.62. The average Bonchev–Trinajstić information content (AvgIpc) is 3.87. The number of halogens is 1. The number of H-pyrrole nitrogens is 2. The molecule has 11 heteroatoms. The van der Waals surface area contributed by atoms with Crippen LogP contribution < -0.4 is 11.1 Å². The maximum atomic E-state index is 11.6. The number of benzene rings is 2. The van der Waals surface area contributed by atoms with Crippen molar-refractivity contribution < 1.29 is 9.59 Å². The molecule has 0 aliphatic rings. The van der Waals surface area contributed by atoms with Crippen LogP contribution in [-0.4, -0.2) is 40.8 Å². The Bertz CT molecular complexity index is 2190. The molecule has 0 fully saturated rings. The van der Waals surface area contributed by atoms with Crippen LogP contribution >= 0.6 is 36.0 Å². The molecule has 6 rings (SSSR count). The molecule has 0 unspecified atom stereocenters. The number of rotatable bonds is 15. The number of carbonyl (C=O) groups excluding carboxylic acids is 2. The first-order valence-corrected chi connectivity index (χ1v) is 18.4. The van der Waals surface area contributed by atoms with Gasteiger partial charge in [-0.15, -0.1) is 0 Å². The Kier molecular flexibility index (Phi) is 16.3. The highest BCUT2D eigenvalue weighted by Crippen LogP contribution is 2.21. The summed E-state index contributed by atoms with van der Waals surface area (Å²) in [5, 5.41) is 4.69. The monoisotopic (exact) mass is 762 g/mol. The molecule has 0 aliphatic heterocycles. The van der Waals surface area contributed by atoms with Gasteiger partial charge in [-0.2, -0.15) is 0 Å². The number of thiocarbonyl (C=S) groups is 2. The van der Waals surface area contributed by atoms with Gasteiger partial charge in [0, 0.05) is 46.9 Å². The number of aromatic amines is 2. The highest BCUT2D eigenvalue weighted by Gasteiger charge is 2.09. The summed E-state index contributed by atoms with van der Waals surface area (Å²) in [7, 11) is 0. The Balaban J connectivity index is 0.000000212. The van der Waals surface area contributed by atoms with E-state index in [1.807, 2.05) is 67.3 Å². The van der Waals surface area contributed by atoms with Gasteiger partial charge in [0.1, 0.15) is 11.3 Å². The van der Waals surface area contributed by atoms with Crippen LogP contribution in [0.3, 0.4) is 0 Å². The summed E-state index contributed by atoms with van der Waals surface area (Å²) >= 11 is 15.8. The van der Waals surface area contributed by atoms with E-state index in [4.69, 9.17) is 41.8 Å². The van der Waals surface area contributed by atoms with E-state index in [9.17, 15) is 9.59 Å². The predicted molar refractivity (Wildman–Crippen MR) is 228 cm³/mol. The van der Waals surface area contributed by atoms with Crippen LogP contribution in [0.1, 0.15) is 47.9 Å². The number of allylic oxidation sites excluding steroid dienone is 1. The quantitative estimate of drug-likeness (QED) is 0.0355. The largest absolute Gasteiger partial charge is 0.399 e. The van der Waals surface area contributed by atoms with E-state index in [1.54, 1.807) is 0 Å². The van der Waals surface area contributed by atoms with Crippen LogP contribution in [0.2, 0.25) is 0 Å². The molecule has 8 nitrogen and oxygen atoms in total. The van der Waals surface area contributed by atoms with Crippen LogP contribution in [0, 0.1) is 0 Å². The van der Waals surface area contributed by atoms with Crippen molar-refractivity contribution in [3.63, 3.8) is 0 Å². The smallest absolute Gasteiger partial charge is 0.247 e. The number of hydrogen-bond donors (Lipinski definition) is 4. The number of para-hydroxylation sites is 2. The van der Waals surface area contributed by atoms with Crippen molar-refractivity contribution in [1.82, 2.24) is 19.9 Å². The van der Waals surface area contributed by atoms with Crippen molar-refractivity contribution in [2.45, 2.75) is 51.4 Å². The van der Waals surface area contributed by atoms with Crippen LogP contribution in [0.5, 0.6) is 0 Å². The van der Waals surface area contributed by atoms with Gasteiger partial charge < -0.3 is 21.0 Å². The third-order valence-corrected chi connectivity index (χ3v) is 9.44. The Hall–Kier alpha value is -5.29. The van der Waals surface area contributed by atoms with Gasteiger partial charge in [-0.1, -0.05) is 74.0 Å². The molecule has 0 bridgehead atoms. The van der Waals surface area contributed by atoms with Crippen molar-refractivity contribution >= 4 is 90.4 Å².